The Bertz CT molecular complexity index is 655. The van der Waals surface area contributed by atoms with E-state index in [4.69, 9.17) is 0 Å². The highest BCUT2D eigenvalue weighted by atomic mass is 16.3. The van der Waals surface area contributed by atoms with Crippen LogP contribution in [0.15, 0.2) is 42.5 Å². The first-order valence-corrected chi connectivity index (χ1v) is 7.00. The summed E-state index contributed by atoms with van der Waals surface area (Å²) in [7, 11) is 0. The van der Waals surface area contributed by atoms with E-state index in [0.717, 1.165) is 11.1 Å². The fraction of sp³-hybridized carbons (Fsp3) is 0.278. The van der Waals surface area contributed by atoms with Crippen molar-refractivity contribution in [2.75, 3.05) is 5.32 Å². The highest BCUT2D eigenvalue weighted by molar-refractivity contribution is 6.07. The summed E-state index contributed by atoms with van der Waals surface area (Å²) in [6, 6.07) is 13.0. The fourth-order valence-electron chi connectivity index (χ4n) is 2.30. The Morgan fingerprint density at radius 1 is 1.05 bits per heavy atom. The molecule has 0 spiro atoms. The molecule has 0 atom stereocenters. The number of rotatable bonds is 2. The van der Waals surface area contributed by atoms with E-state index in [9.17, 15) is 9.90 Å². The third kappa shape index (κ3) is 3.24. The van der Waals surface area contributed by atoms with E-state index in [-0.39, 0.29) is 17.1 Å². The second kappa shape index (κ2) is 5.60. The van der Waals surface area contributed by atoms with Gasteiger partial charge >= 0.3 is 0 Å². The van der Waals surface area contributed by atoms with Gasteiger partial charge in [0, 0.05) is 11.3 Å². The number of hydrogen-bond donors (Lipinski definition) is 2. The number of para-hydroxylation sites is 1. The molecule has 3 nitrogen and oxygen atoms in total. The Labute approximate surface area is 125 Å². The summed E-state index contributed by atoms with van der Waals surface area (Å²) in [5, 5.41) is 13.3. The fourth-order valence-corrected chi connectivity index (χ4v) is 2.30. The number of anilines is 1. The molecule has 0 radical (unpaired) electrons. The van der Waals surface area contributed by atoms with Crippen molar-refractivity contribution in [1.82, 2.24) is 0 Å². The molecule has 0 heterocycles. The summed E-state index contributed by atoms with van der Waals surface area (Å²) in [4.78, 5) is 12.5. The molecule has 0 aliphatic carbocycles. The molecular formula is C18H21NO2. The summed E-state index contributed by atoms with van der Waals surface area (Å²) >= 11 is 0. The third-order valence-corrected chi connectivity index (χ3v) is 3.45. The van der Waals surface area contributed by atoms with Crippen LogP contribution in [0.1, 0.15) is 42.3 Å². The first kappa shape index (κ1) is 15.1. The average Bonchev–Trinajstić information content (AvgIpc) is 2.38. The highest BCUT2D eigenvalue weighted by Crippen LogP contribution is 2.35. The molecule has 0 aliphatic heterocycles. The van der Waals surface area contributed by atoms with Crippen molar-refractivity contribution in [2.24, 2.45) is 0 Å². The minimum absolute atomic E-state index is 0.0657. The molecule has 0 saturated heterocycles. The lowest BCUT2D eigenvalue weighted by molar-refractivity contribution is 0.102. The van der Waals surface area contributed by atoms with Crippen LogP contribution in [0.5, 0.6) is 5.75 Å². The molecule has 1 amide bonds. The number of nitrogens with one attached hydrogen (secondary N) is 1. The molecule has 2 aromatic carbocycles. The molecule has 0 aliphatic rings. The summed E-state index contributed by atoms with van der Waals surface area (Å²) < 4.78 is 0. The van der Waals surface area contributed by atoms with Crippen LogP contribution in [0.2, 0.25) is 0 Å². The average molecular weight is 283 g/mol. The molecule has 110 valence electrons. The smallest absolute Gasteiger partial charge is 0.259 e. The van der Waals surface area contributed by atoms with Gasteiger partial charge in [0.15, 0.2) is 0 Å². The van der Waals surface area contributed by atoms with E-state index in [1.165, 1.54) is 0 Å². The summed E-state index contributed by atoms with van der Waals surface area (Å²) in [5.41, 5.74) is 2.36. The topological polar surface area (TPSA) is 49.3 Å². The molecule has 3 heteroatoms. The van der Waals surface area contributed by atoms with Crippen LogP contribution in [0.25, 0.3) is 0 Å². The minimum Gasteiger partial charge on any atom is -0.507 e. The van der Waals surface area contributed by atoms with E-state index in [1.54, 1.807) is 0 Å². The molecule has 0 fully saturated rings. The standard InChI is InChI=1S/C18H21NO2/c1-12-10-11-14(18(2,3)4)16(20)15(12)17(21)19-13-8-6-5-7-9-13/h5-11,20H,1-4H3,(H,19,21). The highest BCUT2D eigenvalue weighted by Gasteiger charge is 2.24. The van der Waals surface area contributed by atoms with Gasteiger partial charge in [-0.2, -0.15) is 0 Å². The monoisotopic (exact) mass is 283 g/mol. The number of hydrogen-bond acceptors (Lipinski definition) is 2. The van der Waals surface area contributed by atoms with Gasteiger partial charge in [0.25, 0.3) is 5.91 Å². The van der Waals surface area contributed by atoms with E-state index in [0.29, 0.717) is 11.3 Å². The zero-order valence-electron chi connectivity index (χ0n) is 12.9. The summed E-state index contributed by atoms with van der Waals surface area (Å²) in [6.45, 7) is 7.86. The molecule has 2 N–H and O–H groups in total. The number of phenols is 1. The van der Waals surface area contributed by atoms with Gasteiger partial charge in [0.1, 0.15) is 5.75 Å². The SMILES string of the molecule is Cc1ccc(C(C)(C)C)c(O)c1C(=O)Nc1ccccc1. The number of phenolic OH excluding ortho intramolecular Hbond substituents is 1. The van der Waals surface area contributed by atoms with E-state index in [2.05, 4.69) is 5.32 Å². The third-order valence-electron chi connectivity index (χ3n) is 3.45. The van der Waals surface area contributed by atoms with Crippen molar-refractivity contribution in [3.63, 3.8) is 0 Å². The van der Waals surface area contributed by atoms with E-state index >= 15 is 0 Å². The molecule has 0 unspecified atom stereocenters. The maximum Gasteiger partial charge on any atom is 0.259 e. The Hall–Kier alpha value is -2.29. The van der Waals surface area contributed by atoms with Crippen molar-refractivity contribution in [1.29, 1.82) is 0 Å². The number of benzene rings is 2. The van der Waals surface area contributed by atoms with Crippen LogP contribution in [0.3, 0.4) is 0 Å². The normalized spacial score (nSPS) is 11.2. The van der Waals surface area contributed by atoms with Crippen molar-refractivity contribution in [3.05, 3.63) is 59.2 Å². The number of aromatic hydroxyl groups is 1. The largest absolute Gasteiger partial charge is 0.507 e. The quantitative estimate of drug-likeness (QED) is 0.865. The Kier molecular flexibility index (Phi) is 4.03. The van der Waals surface area contributed by atoms with Gasteiger partial charge in [-0.3, -0.25) is 4.79 Å². The first-order valence-electron chi connectivity index (χ1n) is 7.00. The number of carbonyl (C=O) groups is 1. The number of aryl methyl sites for hydroxylation is 1. The lowest BCUT2D eigenvalue weighted by Crippen LogP contribution is -2.17. The van der Waals surface area contributed by atoms with Crippen LogP contribution in [-0.2, 0) is 5.41 Å². The molecule has 0 saturated carbocycles. The zero-order chi connectivity index (χ0) is 15.6. The van der Waals surface area contributed by atoms with E-state index < -0.39 is 0 Å². The lowest BCUT2D eigenvalue weighted by Gasteiger charge is -2.22. The number of carbonyl (C=O) groups excluding carboxylic acids is 1. The van der Waals surface area contributed by atoms with Gasteiger partial charge in [-0.25, -0.2) is 0 Å². The van der Waals surface area contributed by atoms with Gasteiger partial charge in [-0.1, -0.05) is 51.1 Å². The van der Waals surface area contributed by atoms with Gasteiger partial charge < -0.3 is 10.4 Å². The molecule has 2 aromatic rings. The van der Waals surface area contributed by atoms with Crippen LogP contribution < -0.4 is 5.32 Å². The number of amides is 1. The molecule has 0 bridgehead atoms. The van der Waals surface area contributed by atoms with Crippen molar-refractivity contribution >= 4 is 11.6 Å². The molecule has 2 rings (SSSR count). The van der Waals surface area contributed by atoms with Gasteiger partial charge in [0.05, 0.1) is 5.56 Å². The van der Waals surface area contributed by atoms with Gasteiger partial charge in [0.2, 0.25) is 0 Å². The lowest BCUT2D eigenvalue weighted by atomic mass is 9.84. The van der Waals surface area contributed by atoms with Crippen molar-refractivity contribution in [3.8, 4) is 5.75 Å². The maximum absolute atomic E-state index is 12.5. The minimum atomic E-state index is -0.290. The summed E-state index contributed by atoms with van der Waals surface area (Å²) in [5.74, 6) is -0.224. The van der Waals surface area contributed by atoms with Crippen molar-refractivity contribution < 1.29 is 9.90 Å². The molecule has 0 aromatic heterocycles. The Morgan fingerprint density at radius 2 is 1.67 bits per heavy atom. The Balaban J connectivity index is 2.41. The predicted molar refractivity (Wildman–Crippen MR) is 85.9 cm³/mol. The van der Waals surface area contributed by atoms with Crippen LogP contribution in [-0.4, -0.2) is 11.0 Å². The van der Waals surface area contributed by atoms with Crippen LogP contribution in [0.4, 0.5) is 5.69 Å². The van der Waals surface area contributed by atoms with Crippen molar-refractivity contribution in [2.45, 2.75) is 33.1 Å². The second-order valence-electron chi connectivity index (χ2n) is 6.22. The molecule has 21 heavy (non-hydrogen) atoms. The molecular weight excluding hydrogens is 262 g/mol. The summed E-state index contributed by atoms with van der Waals surface area (Å²) in [6.07, 6.45) is 0. The van der Waals surface area contributed by atoms with E-state index in [1.807, 2.05) is 70.2 Å². The Morgan fingerprint density at radius 3 is 2.24 bits per heavy atom. The van der Waals surface area contributed by atoms with Gasteiger partial charge in [-0.05, 0) is 30.0 Å². The van der Waals surface area contributed by atoms with Crippen LogP contribution in [0, 0.1) is 6.92 Å². The van der Waals surface area contributed by atoms with Crippen LogP contribution >= 0.6 is 0 Å². The first-order chi connectivity index (χ1) is 9.80. The second-order valence-corrected chi connectivity index (χ2v) is 6.22. The van der Waals surface area contributed by atoms with Gasteiger partial charge in [-0.15, -0.1) is 0 Å². The zero-order valence-corrected chi connectivity index (χ0v) is 12.9. The maximum atomic E-state index is 12.5. The predicted octanol–water partition coefficient (Wildman–Crippen LogP) is 4.25.